The van der Waals surface area contributed by atoms with Crippen LogP contribution in [0.25, 0.3) is 0 Å². The maximum atomic E-state index is 14.5. The van der Waals surface area contributed by atoms with Gasteiger partial charge < -0.3 is 50.4 Å². The number of hydrogen-bond acceptors (Lipinski definition) is 10. The third-order valence-electron chi connectivity index (χ3n) is 15.4. The van der Waals surface area contributed by atoms with Crippen molar-refractivity contribution in [3.05, 3.63) is 102 Å². The van der Waals surface area contributed by atoms with Crippen molar-refractivity contribution in [2.24, 2.45) is 23.7 Å². The van der Waals surface area contributed by atoms with E-state index in [1.54, 1.807) is 48.0 Å². The number of rotatable bonds is 24. The molecule has 6 rings (SSSR count). The molecule has 11 atom stereocenters. The summed E-state index contributed by atoms with van der Waals surface area (Å²) in [5, 5.41) is 21.6. The van der Waals surface area contributed by atoms with Crippen molar-refractivity contribution in [1.29, 1.82) is 0 Å². The number of alkyl carbamates (subject to hydrolysis) is 1. The number of piperidine rings is 1. The number of amides is 7. The van der Waals surface area contributed by atoms with E-state index < -0.39 is 78.2 Å². The molecule has 0 radical (unpaired) electrons. The van der Waals surface area contributed by atoms with Crippen molar-refractivity contribution in [3.8, 4) is 0 Å². The largest absolute Gasteiger partial charge is 0.465 e. The molecule has 3 aromatic rings. The number of nitrogens with one attached hydrogen (secondary N) is 4. The van der Waals surface area contributed by atoms with E-state index in [2.05, 4.69) is 21.3 Å². The van der Waals surface area contributed by atoms with Gasteiger partial charge in [0.1, 0.15) is 24.7 Å². The average Bonchev–Trinajstić information content (AvgIpc) is 4.18. The molecule has 18 heteroatoms. The second-order valence-corrected chi connectivity index (χ2v) is 20.5. The predicted molar refractivity (Wildman–Crippen MR) is 278 cm³/mol. The van der Waals surface area contributed by atoms with Crippen LogP contribution in [0.5, 0.6) is 0 Å². The number of carbonyl (C=O) groups is 7. The van der Waals surface area contributed by atoms with Gasteiger partial charge in [-0.15, -0.1) is 0 Å². The Morgan fingerprint density at radius 3 is 2.07 bits per heavy atom. The Morgan fingerprint density at radius 2 is 1.46 bits per heavy atom. The lowest BCUT2D eigenvalue weighted by atomic mass is 9.89. The fourth-order valence-corrected chi connectivity index (χ4v) is 11.1. The van der Waals surface area contributed by atoms with Crippen LogP contribution in [0.15, 0.2) is 84.9 Å². The zero-order valence-corrected chi connectivity index (χ0v) is 44.2. The van der Waals surface area contributed by atoms with Crippen LogP contribution in [0, 0.1) is 23.7 Å². The quantitative estimate of drug-likeness (QED) is 0.0663. The standard InChI is InChI=1S/C56H77N7O11/c1-9-35(4)48(61(6)54(68)47(34(2)3)60-53(67)49-40-24-27-42(30-40)63(49)56(70)71)45(72-7)31-46(64)62-28-16-21-44(62)50(73-8)36(5)51(65)59-43(29-37-17-12-10-13-18-37)52(66)58-41-25-22-38(23-26-41)32-57-55(69)74-33-39-19-14-11-15-20-39/h10-15,17-20,22-23,25-26,34-36,40,42-45,47-50H,9,16,21,24,27-33H2,1-8H3,(H,57,69)(H,58,66)(H,59,65)(H,60,67)(H,70,71)/t35-,36+,40?,42?,43?,44?,45+,47?,48-,49?,50+/m0/s1. The van der Waals surface area contributed by atoms with Crippen LogP contribution in [-0.2, 0) is 57.8 Å². The van der Waals surface area contributed by atoms with E-state index in [-0.39, 0.29) is 61.6 Å². The molecule has 2 saturated heterocycles. The summed E-state index contributed by atoms with van der Waals surface area (Å²) in [7, 11) is 4.68. The maximum absolute atomic E-state index is 14.5. The molecule has 2 bridgehead atoms. The Balaban J connectivity index is 1.09. The second kappa shape index (κ2) is 26.6. The highest BCUT2D eigenvalue weighted by Crippen LogP contribution is 2.42. The van der Waals surface area contributed by atoms with Crippen molar-refractivity contribution in [3.63, 3.8) is 0 Å². The van der Waals surface area contributed by atoms with Gasteiger partial charge in [-0.05, 0) is 78.7 Å². The molecule has 6 unspecified atom stereocenters. The van der Waals surface area contributed by atoms with E-state index in [9.17, 15) is 38.7 Å². The monoisotopic (exact) mass is 1020 g/mol. The number of likely N-dealkylation sites (tertiary alicyclic amines) is 2. The van der Waals surface area contributed by atoms with Crippen molar-refractivity contribution in [1.82, 2.24) is 30.7 Å². The summed E-state index contributed by atoms with van der Waals surface area (Å²) in [5.74, 6) is -3.29. The number of carbonyl (C=O) groups excluding carboxylic acids is 6. The highest BCUT2D eigenvalue weighted by Gasteiger charge is 2.52. The highest BCUT2D eigenvalue weighted by molar-refractivity contribution is 5.98. The van der Waals surface area contributed by atoms with Crippen molar-refractivity contribution < 1.29 is 52.9 Å². The van der Waals surface area contributed by atoms with Gasteiger partial charge in [0.05, 0.1) is 36.6 Å². The molecule has 3 aliphatic rings. The third-order valence-corrected chi connectivity index (χ3v) is 15.4. The first-order chi connectivity index (χ1) is 35.4. The molecule has 18 nitrogen and oxygen atoms in total. The van der Waals surface area contributed by atoms with Crippen LogP contribution in [0.1, 0.15) is 96.3 Å². The first kappa shape index (κ1) is 56.8. The molecule has 2 aliphatic heterocycles. The number of hydrogen-bond donors (Lipinski definition) is 5. The van der Waals surface area contributed by atoms with Gasteiger partial charge in [-0.25, -0.2) is 9.59 Å². The molecular formula is C56H77N7O11. The molecule has 1 aliphatic carbocycles. The first-order valence-electron chi connectivity index (χ1n) is 26.1. The smallest absolute Gasteiger partial charge is 0.408 e. The van der Waals surface area contributed by atoms with E-state index >= 15 is 0 Å². The molecule has 0 spiro atoms. The second-order valence-electron chi connectivity index (χ2n) is 20.5. The number of benzene rings is 3. The van der Waals surface area contributed by atoms with E-state index in [0.717, 1.165) is 29.5 Å². The minimum Gasteiger partial charge on any atom is -0.465 e. The molecule has 2 heterocycles. The van der Waals surface area contributed by atoms with E-state index in [1.165, 1.54) is 19.1 Å². The molecule has 7 amide bonds. The summed E-state index contributed by atoms with van der Waals surface area (Å²) in [5.41, 5.74) is 2.98. The van der Waals surface area contributed by atoms with Gasteiger partial charge in [0.2, 0.25) is 29.5 Å². The summed E-state index contributed by atoms with van der Waals surface area (Å²) in [6.45, 7) is 10.1. The number of fused-ring (bicyclic) bond motifs is 2. The average molecular weight is 1020 g/mol. The topological polar surface area (TPSA) is 225 Å². The summed E-state index contributed by atoms with van der Waals surface area (Å²) in [4.78, 5) is 100. The Morgan fingerprint density at radius 1 is 0.797 bits per heavy atom. The minimum absolute atomic E-state index is 0.0772. The summed E-state index contributed by atoms with van der Waals surface area (Å²) >= 11 is 0. The number of ether oxygens (including phenoxy) is 3. The third kappa shape index (κ3) is 14.2. The van der Waals surface area contributed by atoms with Gasteiger partial charge in [0.25, 0.3) is 0 Å². The number of anilines is 1. The number of nitrogens with zero attached hydrogens (tertiary/aromatic N) is 3. The Labute approximate surface area is 435 Å². The van der Waals surface area contributed by atoms with Gasteiger partial charge in [0.15, 0.2) is 0 Å². The van der Waals surface area contributed by atoms with Crippen LogP contribution < -0.4 is 21.3 Å². The Hall–Kier alpha value is -6.53. The van der Waals surface area contributed by atoms with Gasteiger partial charge in [0, 0.05) is 52.5 Å². The highest BCUT2D eigenvalue weighted by atomic mass is 16.5. The maximum Gasteiger partial charge on any atom is 0.408 e. The molecule has 5 N–H and O–H groups in total. The summed E-state index contributed by atoms with van der Waals surface area (Å²) in [6.07, 6.45) is 0.934. The first-order valence-corrected chi connectivity index (χ1v) is 26.1. The lowest BCUT2D eigenvalue weighted by Gasteiger charge is -2.41. The zero-order chi connectivity index (χ0) is 53.6. The number of likely N-dealkylation sites (N-methyl/N-ethyl adjacent to an activating group) is 1. The van der Waals surface area contributed by atoms with Crippen molar-refractivity contribution in [2.45, 2.75) is 148 Å². The van der Waals surface area contributed by atoms with Crippen LogP contribution in [0.3, 0.4) is 0 Å². The van der Waals surface area contributed by atoms with Crippen LogP contribution in [0.2, 0.25) is 0 Å². The zero-order valence-electron chi connectivity index (χ0n) is 44.2. The summed E-state index contributed by atoms with van der Waals surface area (Å²) < 4.78 is 17.4. The molecular weight excluding hydrogens is 947 g/mol. The number of carboxylic acid groups (broad SMARTS) is 1. The SMILES string of the molecule is CC[C@H](C)[C@@H]([C@@H](CC(=O)N1CCCC1[C@H](OC)[C@@H](C)C(=O)NC(Cc1ccccc1)C(=O)Nc1ccc(CNC(=O)OCc2ccccc2)cc1)OC)N(C)C(=O)C(NC(=O)C1C2CCC(C2)N1C(=O)O)C(C)C. The fourth-order valence-electron chi connectivity index (χ4n) is 11.1. The van der Waals surface area contributed by atoms with Gasteiger partial charge in [-0.2, -0.15) is 0 Å². The molecule has 74 heavy (non-hydrogen) atoms. The minimum atomic E-state index is -1.14. The van der Waals surface area contributed by atoms with Gasteiger partial charge in [-0.1, -0.05) is 114 Å². The molecule has 0 aromatic heterocycles. The van der Waals surface area contributed by atoms with Crippen molar-refractivity contribution in [2.75, 3.05) is 33.1 Å². The van der Waals surface area contributed by atoms with Crippen LogP contribution >= 0.6 is 0 Å². The fraction of sp³-hybridized carbons (Fsp3) is 0.554. The Kier molecular flexibility index (Phi) is 20.4. The van der Waals surface area contributed by atoms with Crippen LogP contribution in [-0.4, -0.2) is 138 Å². The number of methoxy groups -OCH3 is 2. The Bertz CT molecular complexity index is 2370. The van der Waals surface area contributed by atoms with Crippen molar-refractivity contribution >= 4 is 47.4 Å². The molecule has 402 valence electrons. The lowest BCUT2D eigenvalue weighted by Crippen LogP contribution is -2.60. The lowest BCUT2D eigenvalue weighted by molar-refractivity contribution is -0.148. The molecule has 1 saturated carbocycles. The van der Waals surface area contributed by atoms with Gasteiger partial charge >= 0.3 is 12.2 Å². The molecule has 3 aromatic carbocycles. The van der Waals surface area contributed by atoms with E-state index in [1.807, 2.05) is 88.4 Å². The normalized spacial score (nSPS) is 20.9. The predicted octanol–water partition coefficient (Wildman–Crippen LogP) is 6.37. The van der Waals surface area contributed by atoms with E-state index in [0.29, 0.717) is 37.9 Å². The molecule has 3 fully saturated rings. The van der Waals surface area contributed by atoms with Gasteiger partial charge in [-0.3, -0.25) is 28.9 Å². The summed E-state index contributed by atoms with van der Waals surface area (Å²) in [6, 6.07) is 21.7. The van der Waals surface area contributed by atoms with E-state index in [4.69, 9.17) is 14.2 Å². The van der Waals surface area contributed by atoms with Crippen LogP contribution in [0.4, 0.5) is 15.3 Å².